The van der Waals surface area contributed by atoms with Crippen molar-refractivity contribution in [2.24, 2.45) is 5.73 Å². The number of nitrogens with two attached hydrogens (primary N) is 1. The average molecular weight is 521 g/mol. The fraction of sp³-hybridized carbons (Fsp3) is 0.115. The Labute approximate surface area is 213 Å². The predicted molar refractivity (Wildman–Crippen MR) is 135 cm³/mol. The number of rotatable bonds is 6. The van der Waals surface area contributed by atoms with Crippen LogP contribution in [0, 0.1) is 11.3 Å². The molecule has 1 amide bonds. The number of Topliss-reactive ketones (excluding diaryl/α,β-unsaturated/α-hetero) is 1. The zero-order chi connectivity index (χ0) is 26.0. The summed E-state index contributed by atoms with van der Waals surface area (Å²) >= 11 is 6.03. The third-order valence-corrected chi connectivity index (χ3v) is 7.85. The number of hydrogen-bond donors (Lipinski definition) is 2. The first-order valence-electron chi connectivity index (χ1n) is 10.8. The lowest BCUT2D eigenvalue weighted by Crippen LogP contribution is -2.45. The van der Waals surface area contributed by atoms with Crippen LogP contribution in [-0.4, -0.2) is 30.5 Å². The first-order valence-corrected chi connectivity index (χ1v) is 12.6. The van der Waals surface area contributed by atoms with Crippen LogP contribution >= 0.6 is 11.6 Å². The molecule has 3 aromatic carbocycles. The van der Waals surface area contributed by atoms with E-state index < -0.39 is 27.9 Å². The molecule has 0 spiro atoms. The zero-order valence-electron chi connectivity index (χ0n) is 19.1. The molecule has 2 atom stereocenters. The highest BCUT2D eigenvalue weighted by atomic mass is 35.5. The van der Waals surface area contributed by atoms with E-state index in [0.717, 1.165) is 4.31 Å². The van der Waals surface area contributed by atoms with Crippen LogP contribution in [0.25, 0.3) is 0 Å². The minimum Gasteiger partial charge on any atom is -0.399 e. The summed E-state index contributed by atoms with van der Waals surface area (Å²) in [6.45, 7) is 1.34. The molecule has 0 bridgehead atoms. The van der Waals surface area contributed by atoms with E-state index in [1.54, 1.807) is 54.6 Å². The van der Waals surface area contributed by atoms with Crippen molar-refractivity contribution in [3.8, 4) is 6.07 Å². The lowest BCUT2D eigenvalue weighted by Gasteiger charge is -2.30. The molecule has 4 rings (SSSR count). The number of anilines is 1. The Morgan fingerprint density at radius 2 is 1.61 bits per heavy atom. The first kappa shape index (κ1) is 25.1. The third-order valence-electron chi connectivity index (χ3n) is 5.75. The van der Waals surface area contributed by atoms with Gasteiger partial charge in [0.15, 0.2) is 5.78 Å². The van der Waals surface area contributed by atoms with Gasteiger partial charge in [-0.2, -0.15) is 9.57 Å². The van der Waals surface area contributed by atoms with Crippen LogP contribution < -0.4 is 11.1 Å². The number of nitrogens with one attached hydrogen (secondary N) is 1. The molecule has 10 heteroatoms. The van der Waals surface area contributed by atoms with Crippen molar-refractivity contribution in [2.75, 3.05) is 5.32 Å². The number of ketones is 1. The molecule has 1 heterocycles. The monoisotopic (exact) mass is 520 g/mol. The second-order valence-corrected chi connectivity index (χ2v) is 10.4. The maximum Gasteiger partial charge on any atom is 0.245 e. The number of nitrogens with zero attached hydrogens (tertiary/aromatic N) is 2. The molecule has 0 fully saturated rings. The number of halogens is 1. The minimum absolute atomic E-state index is 0.0370. The number of hydrogen-bond acceptors (Lipinski definition) is 6. The summed E-state index contributed by atoms with van der Waals surface area (Å²) in [7, 11) is -4.38. The first-order chi connectivity index (χ1) is 17.1. The number of benzene rings is 3. The van der Waals surface area contributed by atoms with Gasteiger partial charge < -0.3 is 11.1 Å². The quantitative estimate of drug-likeness (QED) is 0.471. The number of sulfonamides is 1. The highest BCUT2D eigenvalue weighted by Crippen LogP contribution is 2.44. The van der Waals surface area contributed by atoms with E-state index >= 15 is 0 Å². The van der Waals surface area contributed by atoms with Crippen molar-refractivity contribution in [1.29, 1.82) is 5.26 Å². The number of amides is 1. The normalized spacial score (nSPS) is 18.0. The van der Waals surface area contributed by atoms with Gasteiger partial charge in [-0.25, -0.2) is 8.42 Å². The molecule has 0 saturated carbocycles. The van der Waals surface area contributed by atoms with Crippen molar-refractivity contribution < 1.29 is 18.0 Å². The van der Waals surface area contributed by atoms with Crippen LogP contribution in [-0.2, 0) is 14.8 Å². The molecule has 0 aliphatic carbocycles. The fourth-order valence-corrected chi connectivity index (χ4v) is 5.97. The summed E-state index contributed by atoms with van der Waals surface area (Å²) in [5, 5.41) is 13.0. The fourth-order valence-electron chi connectivity index (χ4n) is 4.13. The van der Waals surface area contributed by atoms with Crippen LogP contribution in [0.4, 0.5) is 5.69 Å². The SMILES string of the molecule is CC(=O)Nc1ccc(S(=O)(=O)N2[C@H](C(=O)c3ccccc3)C(N)=C(C#N)[C@H]2c2ccc(Cl)cc2)cc1. The van der Waals surface area contributed by atoms with Crippen LogP contribution in [0.5, 0.6) is 0 Å². The molecule has 3 N–H and O–H groups in total. The Morgan fingerprint density at radius 3 is 2.17 bits per heavy atom. The van der Waals surface area contributed by atoms with Crippen LogP contribution in [0.3, 0.4) is 0 Å². The Kier molecular flexibility index (Phi) is 6.95. The topological polar surface area (TPSA) is 133 Å². The highest BCUT2D eigenvalue weighted by Gasteiger charge is 2.50. The Morgan fingerprint density at radius 1 is 1.00 bits per heavy atom. The second kappa shape index (κ2) is 9.95. The van der Waals surface area contributed by atoms with E-state index in [1.165, 1.54) is 31.2 Å². The highest BCUT2D eigenvalue weighted by molar-refractivity contribution is 7.89. The molecule has 8 nitrogen and oxygen atoms in total. The van der Waals surface area contributed by atoms with Crippen molar-refractivity contribution in [3.05, 3.63) is 106 Å². The summed E-state index contributed by atoms with van der Waals surface area (Å²) in [4.78, 5) is 24.8. The van der Waals surface area contributed by atoms with E-state index in [0.29, 0.717) is 16.3 Å². The van der Waals surface area contributed by atoms with E-state index in [9.17, 15) is 23.3 Å². The van der Waals surface area contributed by atoms with Crippen LogP contribution in [0.15, 0.2) is 95.0 Å². The summed E-state index contributed by atoms with van der Waals surface area (Å²) in [5.41, 5.74) is 7.25. The van der Waals surface area contributed by atoms with Gasteiger partial charge in [-0.15, -0.1) is 0 Å². The molecule has 1 aliphatic heterocycles. The molecule has 36 heavy (non-hydrogen) atoms. The summed E-state index contributed by atoms with van der Waals surface area (Å²) in [5.74, 6) is -0.868. The van der Waals surface area contributed by atoms with Gasteiger partial charge in [0, 0.05) is 23.2 Å². The Balaban J connectivity index is 1.89. The standard InChI is InChI=1S/C26H21ClN4O4S/c1-16(32)30-20-11-13-21(14-12-20)36(34,35)31-24(17-7-9-19(27)10-8-17)22(15-28)23(29)25(31)26(33)18-5-3-2-4-6-18/h2-14,24-25H,29H2,1H3,(H,30,32)/t24-,25+/m1/s1. The second-order valence-electron chi connectivity index (χ2n) is 8.11. The molecule has 0 radical (unpaired) electrons. The minimum atomic E-state index is -4.38. The maximum atomic E-state index is 14.0. The molecule has 3 aromatic rings. The van der Waals surface area contributed by atoms with E-state index in [-0.39, 0.29) is 27.6 Å². The van der Waals surface area contributed by atoms with Gasteiger partial charge >= 0.3 is 0 Å². The smallest absolute Gasteiger partial charge is 0.245 e. The Hall–Kier alpha value is -3.97. The molecular weight excluding hydrogens is 500 g/mol. The summed E-state index contributed by atoms with van der Waals surface area (Å²) in [6, 6.07) is 19.4. The van der Waals surface area contributed by atoms with Gasteiger partial charge in [-0.3, -0.25) is 9.59 Å². The van der Waals surface area contributed by atoms with E-state index in [1.807, 2.05) is 6.07 Å². The van der Waals surface area contributed by atoms with Gasteiger partial charge in [-0.05, 0) is 42.0 Å². The molecule has 182 valence electrons. The molecule has 1 aliphatic rings. The maximum absolute atomic E-state index is 14.0. The predicted octanol–water partition coefficient (Wildman–Crippen LogP) is 4.03. The number of nitriles is 1. The molecule has 0 unspecified atom stereocenters. The number of carbonyl (C=O) groups is 2. The Bertz CT molecular complexity index is 1500. The van der Waals surface area contributed by atoms with Crippen LogP contribution in [0.2, 0.25) is 5.02 Å². The van der Waals surface area contributed by atoms with Crippen molar-refractivity contribution in [2.45, 2.75) is 23.9 Å². The van der Waals surface area contributed by atoms with Crippen molar-refractivity contribution in [1.82, 2.24) is 4.31 Å². The summed E-state index contributed by atoms with van der Waals surface area (Å²) < 4.78 is 29.1. The average Bonchev–Trinajstić information content (AvgIpc) is 3.17. The molecular formula is C26H21ClN4O4S. The summed E-state index contributed by atoms with van der Waals surface area (Å²) in [6.07, 6.45) is 0. The van der Waals surface area contributed by atoms with Gasteiger partial charge in [0.25, 0.3) is 0 Å². The lowest BCUT2D eigenvalue weighted by molar-refractivity contribution is -0.114. The number of carbonyl (C=O) groups excluding carboxylic acids is 2. The molecule has 0 saturated heterocycles. The van der Waals surface area contributed by atoms with E-state index in [4.69, 9.17) is 17.3 Å². The largest absolute Gasteiger partial charge is 0.399 e. The lowest BCUT2D eigenvalue weighted by atomic mass is 10.00. The third kappa shape index (κ3) is 4.62. The van der Waals surface area contributed by atoms with Crippen LogP contribution in [0.1, 0.15) is 28.9 Å². The van der Waals surface area contributed by atoms with E-state index in [2.05, 4.69) is 5.32 Å². The molecule has 0 aromatic heterocycles. The van der Waals surface area contributed by atoms with Crippen molar-refractivity contribution >= 4 is 39.0 Å². The van der Waals surface area contributed by atoms with Gasteiger partial charge in [0.05, 0.1) is 28.3 Å². The zero-order valence-corrected chi connectivity index (χ0v) is 20.6. The van der Waals surface area contributed by atoms with Gasteiger partial charge in [0.2, 0.25) is 15.9 Å². The van der Waals surface area contributed by atoms with Gasteiger partial charge in [-0.1, -0.05) is 54.1 Å². The van der Waals surface area contributed by atoms with Gasteiger partial charge in [0.1, 0.15) is 6.04 Å². The van der Waals surface area contributed by atoms with Crippen molar-refractivity contribution in [3.63, 3.8) is 0 Å².